The number of hydrogen-bond donors (Lipinski definition) is 0. The van der Waals surface area contributed by atoms with E-state index in [1.807, 2.05) is 0 Å². The van der Waals surface area contributed by atoms with Crippen molar-refractivity contribution in [2.75, 3.05) is 0 Å². The number of fused-ring (bicyclic) bond motifs is 5. The predicted molar refractivity (Wildman–Crippen MR) is 65.0 cm³/mol. The number of para-hydroxylation sites is 1. The maximum atomic E-state index is 2.36. The Balaban J connectivity index is 1.84. The first-order valence-corrected chi connectivity index (χ1v) is 5.87. The minimum absolute atomic E-state index is 0.685. The van der Waals surface area contributed by atoms with Gasteiger partial charge in [0, 0.05) is 29.9 Å². The van der Waals surface area contributed by atoms with E-state index in [-0.39, 0.29) is 0 Å². The van der Waals surface area contributed by atoms with Gasteiger partial charge in [0.1, 0.15) is 0 Å². The largest absolute Gasteiger partial charge is 0.323 e. The lowest BCUT2D eigenvalue weighted by atomic mass is 10.0. The second-order valence-corrected chi connectivity index (χ2v) is 4.75. The van der Waals surface area contributed by atoms with E-state index in [0.29, 0.717) is 11.8 Å². The van der Waals surface area contributed by atoms with Gasteiger partial charge in [-0.2, -0.15) is 0 Å². The van der Waals surface area contributed by atoms with Crippen molar-refractivity contribution in [2.24, 2.45) is 0 Å². The van der Waals surface area contributed by atoms with Crippen molar-refractivity contribution in [2.45, 2.75) is 18.3 Å². The summed E-state index contributed by atoms with van der Waals surface area (Å²) in [5.74, 6) is 1.37. The number of aromatic nitrogens is 1. The highest BCUT2D eigenvalue weighted by atomic mass is 15.0. The summed E-state index contributed by atoms with van der Waals surface area (Å²) in [5, 5.41) is 0. The second-order valence-electron chi connectivity index (χ2n) is 4.75. The maximum Gasteiger partial charge on any atom is 0.0449 e. The van der Waals surface area contributed by atoms with E-state index < -0.39 is 0 Å². The van der Waals surface area contributed by atoms with Gasteiger partial charge in [-0.15, -0.1) is 0 Å². The highest BCUT2D eigenvalue weighted by Crippen LogP contribution is 2.48. The van der Waals surface area contributed by atoms with Crippen LogP contribution in [0.3, 0.4) is 0 Å². The standard InChI is InChI=1S/C15H13N/c1-2-4-13(5-3-1)16-9-14-11-6-7-12(8-11)15(14)10-16/h1-7,9-12H,8H2/t11-,12+. The average Bonchev–Trinajstić information content (AvgIpc) is 3.02. The van der Waals surface area contributed by atoms with Crippen molar-refractivity contribution in [3.8, 4) is 5.69 Å². The molecule has 0 radical (unpaired) electrons. The van der Waals surface area contributed by atoms with Gasteiger partial charge in [0.05, 0.1) is 0 Å². The van der Waals surface area contributed by atoms with Gasteiger partial charge in [0.2, 0.25) is 0 Å². The summed E-state index contributed by atoms with van der Waals surface area (Å²) in [4.78, 5) is 0. The van der Waals surface area contributed by atoms with E-state index in [4.69, 9.17) is 0 Å². The number of benzene rings is 1. The Morgan fingerprint density at radius 1 is 0.875 bits per heavy atom. The fourth-order valence-electron chi connectivity index (χ4n) is 3.02. The fraction of sp³-hybridized carbons (Fsp3) is 0.200. The molecule has 1 aromatic heterocycles. The van der Waals surface area contributed by atoms with Gasteiger partial charge in [-0.05, 0) is 29.7 Å². The third-order valence-corrected chi connectivity index (χ3v) is 3.83. The van der Waals surface area contributed by atoms with Gasteiger partial charge in [-0.3, -0.25) is 0 Å². The normalized spacial score (nSPS) is 25.0. The quantitative estimate of drug-likeness (QED) is 0.629. The van der Waals surface area contributed by atoms with Gasteiger partial charge in [-0.25, -0.2) is 0 Å². The van der Waals surface area contributed by atoms with Gasteiger partial charge < -0.3 is 4.57 Å². The van der Waals surface area contributed by atoms with Crippen LogP contribution in [0.25, 0.3) is 5.69 Å². The predicted octanol–water partition coefficient (Wildman–Crippen LogP) is 3.62. The Morgan fingerprint density at radius 3 is 2.12 bits per heavy atom. The number of rotatable bonds is 1. The van der Waals surface area contributed by atoms with Crippen LogP contribution in [0.15, 0.2) is 54.9 Å². The summed E-state index contributed by atoms with van der Waals surface area (Å²) >= 11 is 0. The molecule has 0 saturated carbocycles. The molecule has 0 saturated heterocycles. The Morgan fingerprint density at radius 2 is 1.50 bits per heavy atom. The first kappa shape index (κ1) is 8.40. The van der Waals surface area contributed by atoms with Crippen molar-refractivity contribution < 1.29 is 0 Å². The van der Waals surface area contributed by atoms with E-state index in [2.05, 4.69) is 59.4 Å². The maximum absolute atomic E-state index is 2.36. The smallest absolute Gasteiger partial charge is 0.0449 e. The van der Waals surface area contributed by atoms with Crippen LogP contribution in [-0.2, 0) is 0 Å². The summed E-state index contributed by atoms with van der Waals surface area (Å²) < 4.78 is 2.26. The zero-order valence-electron chi connectivity index (χ0n) is 9.01. The molecule has 16 heavy (non-hydrogen) atoms. The molecule has 78 valence electrons. The van der Waals surface area contributed by atoms with E-state index in [1.165, 1.54) is 23.2 Å². The molecule has 0 unspecified atom stereocenters. The van der Waals surface area contributed by atoms with Crippen molar-refractivity contribution in [1.29, 1.82) is 0 Å². The Bertz CT molecular complexity index is 533. The minimum Gasteiger partial charge on any atom is -0.323 e. The molecule has 1 nitrogen and oxygen atoms in total. The van der Waals surface area contributed by atoms with Crippen molar-refractivity contribution in [3.05, 3.63) is 66.0 Å². The summed E-state index contributed by atoms with van der Waals surface area (Å²) in [6.45, 7) is 0. The first-order valence-electron chi connectivity index (χ1n) is 5.87. The van der Waals surface area contributed by atoms with E-state index in [1.54, 1.807) is 0 Å². The lowest BCUT2D eigenvalue weighted by Gasteiger charge is -2.03. The summed E-state index contributed by atoms with van der Waals surface area (Å²) in [7, 11) is 0. The first-order chi connectivity index (χ1) is 7.92. The lowest BCUT2D eigenvalue weighted by molar-refractivity contribution is 0.791. The molecule has 1 heteroatoms. The molecule has 2 aliphatic carbocycles. The summed E-state index contributed by atoms with van der Waals surface area (Å²) in [5.41, 5.74) is 4.34. The van der Waals surface area contributed by atoms with Gasteiger partial charge in [0.15, 0.2) is 0 Å². The van der Waals surface area contributed by atoms with Gasteiger partial charge >= 0.3 is 0 Å². The van der Waals surface area contributed by atoms with Gasteiger partial charge in [0.25, 0.3) is 0 Å². The molecule has 0 amide bonds. The lowest BCUT2D eigenvalue weighted by Crippen LogP contribution is -1.91. The molecule has 2 aliphatic rings. The van der Waals surface area contributed by atoms with Crippen LogP contribution >= 0.6 is 0 Å². The van der Waals surface area contributed by atoms with Crippen LogP contribution in [0.5, 0.6) is 0 Å². The third-order valence-electron chi connectivity index (χ3n) is 3.83. The molecule has 0 fully saturated rings. The zero-order chi connectivity index (χ0) is 10.5. The number of nitrogens with zero attached hydrogens (tertiary/aromatic N) is 1. The Labute approximate surface area is 95.0 Å². The molecule has 0 N–H and O–H groups in total. The monoisotopic (exact) mass is 207 g/mol. The fourth-order valence-corrected chi connectivity index (χ4v) is 3.02. The van der Waals surface area contributed by atoms with Crippen LogP contribution in [0, 0.1) is 0 Å². The SMILES string of the molecule is C1=C[C@H]2C[C@@H]1c1cn(-c3ccccc3)cc12. The molecule has 2 bridgehead atoms. The molecular weight excluding hydrogens is 194 g/mol. The molecule has 0 aliphatic heterocycles. The third kappa shape index (κ3) is 1.00. The molecule has 2 atom stereocenters. The molecule has 4 rings (SSSR count). The molecular formula is C15H13N. The average molecular weight is 207 g/mol. The van der Waals surface area contributed by atoms with Crippen LogP contribution < -0.4 is 0 Å². The van der Waals surface area contributed by atoms with E-state index >= 15 is 0 Å². The molecule has 1 aromatic carbocycles. The highest BCUT2D eigenvalue weighted by Gasteiger charge is 2.33. The molecule has 0 spiro atoms. The number of hydrogen-bond acceptors (Lipinski definition) is 0. The van der Waals surface area contributed by atoms with Crippen molar-refractivity contribution >= 4 is 0 Å². The molecule has 1 heterocycles. The number of allylic oxidation sites excluding steroid dienone is 2. The van der Waals surface area contributed by atoms with Crippen LogP contribution in [0.1, 0.15) is 29.4 Å². The van der Waals surface area contributed by atoms with Gasteiger partial charge in [-0.1, -0.05) is 30.4 Å². The highest BCUT2D eigenvalue weighted by molar-refractivity contribution is 5.49. The van der Waals surface area contributed by atoms with E-state index in [0.717, 1.165) is 0 Å². The van der Waals surface area contributed by atoms with Crippen LogP contribution in [0.2, 0.25) is 0 Å². The zero-order valence-corrected chi connectivity index (χ0v) is 9.01. The van der Waals surface area contributed by atoms with Crippen LogP contribution in [0.4, 0.5) is 0 Å². The van der Waals surface area contributed by atoms with Crippen molar-refractivity contribution in [1.82, 2.24) is 4.57 Å². The summed E-state index contributed by atoms with van der Waals surface area (Å²) in [6.07, 6.45) is 10.6. The Kier molecular flexibility index (Phi) is 1.51. The second kappa shape index (κ2) is 2.88. The van der Waals surface area contributed by atoms with Crippen molar-refractivity contribution in [3.63, 3.8) is 0 Å². The minimum atomic E-state index is 0.685. The topological polar surface area (TPSA) is 4.93 Å². The Hall–Kier alpha value is -1.76. The van der Waals surface area contributed by atoms with E-state index in [9.17, 15) is 0 Å². The van der Waals surface area contributed by atoms with Crippen LogP contribution in [-0.4, -0.2) is 4.57 Å². The molecule has 2 aromatic rings. The summed E-state index contributed by atoms with van der Waals surface area (Å²) in [6, 6.07) is 10.6.